The standard InChI is InChI=1S/C15H19N3O3S/c1-9-2-3-13(21-9)15-18-11(8-22-15)4-14(20)17-6-10-5-16-7-12(10)19/h2-3,8,10,12,16,19H,4-7H2,1H3,(H,17,20). The van der Waals surface area contributed by atoms with E-state index in [4.69, 9.17) is 4.42 Å². The van der Waals surface area contributed by atoms with Gasteiger partial charge in [-0.3, -0.25) is 4.79 Å². The lowest BCUT2D eigenvalue weighted by atomic mass is 10.1. The quantitative estimate of drug-likeness (QED) is 0.763. The first-order chi connectivity index (χ1) is 10.6. The van der Waals surface area contributed by atoms with Crippen LogP contribution in [0.2, 0.25) is 0 Å². The predicted molar refractivity (Wildman–Crippen MR) is 83.6 cm³/mol. The Bertz CT molecular complexity index is 652. The molecule has 3 rings (SSSR count). The van der Waals surface area contributed by atoms with E-state index in [1.54, 1.807) is 0 Å². The Morgan fingerprint density at radius 1 is 1.55 bits per heavy atom. The van der Waals surface area contributed by atoms with E-state index in [1.807, 2.05) is 24.4 Å². The van der Waals surface area contributed by atoms with Crippen LogP contribution in [0.5, 0.6) is 0 Å². The van der Waals surface area contributed by atoms with Gasteiger partial charge in [-0.25, -0.2) is 4.98 Å². The fourth-order valence-corrected chi connectivity index (χ4v) is 3.23. The number of aryl methyl sites for hydroxylation is 1. The van der Waals surface area contributed by atoms with E-state index in [2.05, 4.69) is 15.6 Å². The zero-order chi connectivity index (χ0) is 15.5. The molecule has 3 heterocycles. The maximum absolute atomic E-state index is 12.0. The number of aliphatic hydroxyl groups excluding tert-OH is 1. The monoisotopic (exact) mass is 321 g/mol. The summed E-state index contributed by atoms with van der Waals surface area (Å²) < 4.78 is 5.53. The Kier molecular flexibility index (Phi) is 4.56. The van der Waals surface area contributed by atoms with Crippen molar-refractivity contribution >= 4 is 17.2 Å². The molecule has 0 saturated carbocycles. The minimum absolute atomic E-state index is 0.0772. The van der Waals surface area contributed by atoms with Gasteiger partial charge in [-0.2, -0.15) is 0 Å². The van der Waals surface area contributed by atoms with E-state index in [1.165, 1.54) is 11.3 Å². The van der Waals surface area contributed by atoms with Gasteiger partial charge in [0.2, 0.25) is 5.91 Å². The second kappa shape index (κ2) is 6.60. The molecule has 2 unspecified atom stereocenters. The summed E-state index contributed by atoms with van der Waals surface area (Å²) in [5.74, 6) is 1.58. The average Bonchev–Trinajstić information content (AvgIpc) is 3.18. The highest BCUT2D eigenvalue weighted by Crippen LogP contribution is 2.25. The van der Waals surface area contributed by atoms with Crippen LogP contribution in [0.1, 0.15) is 11.5 Å². The maximum atomic E-state index is 12.0. The van der Waals surface area contributed by atoms with E-state index in [-0.39, 0.29) is 24.3 Å². The highest BCUT2D eigenvalue weighted by molar-refractivity contribution is 7.13. The lowest BCUT2D eigenvalue weighted by Crippen LogP contribution is -2.35. The van der Waals surface area contributed by atoms with Gasteiger partial charge < -0.3 is 20.2 Å². The number of amides is 1. The minimum Gasteiger partial charge on any atom is -0.459 e. The Balaban J connectivity index is 1.52. The minimum atomic E-state index is -0.381. The molecule has 22 heavy (non-hydrogen) atoms. The largest absolute Gasteiger partial charge is 0.459 e. The molecule has 0 bridgehead atoms. The van der Waals surface area contributed by atoms with Crippen LogP contribution in [0, 0.1) is 12.8 Å². The number of carbonyl (C=O) groups is 1. The number of carbonyl (C=O) groups excluding carboxylic acids is 1. The van der Waals surface area contributed by atoms with Crippen molar-refractivity contribution in [2.75, 3.05) is 19.6 Å². The number of β-amino-alcohol motifs (C(OH)–C–C–N with tert-alkyl or cyclic N) is 1. The summed E-state index contributed by atoms with van der Waals surface area (Å²) in [7, 11) is 0. The van der Waals surface area contributed by atoms with Crippen molar-refractivity contribution in [2.45, 2.75) is 19.4 Å². The SMILES string of the molecule is Cc1ccc(-c2nc(CC(=O)NCC3CNCC3O)cs2)o1. The molecule has 1 fully saturated rings. The van der Waals surface area contributed by atoms with Crippen LogP contribution in [0.25, 0.3) is 10.8 Å². The molecular weight excluding hydrogens is 302 g/mol. The third kappa shape index (κ3) is 3.55. The number of nitrogens with zero attached hydrogens (tertiary/aromatic N) is 1. The van der Waals surface area contributed by atoms with Crippen LogP contribution in [-0.2, 0) is 11.2 Å². The van der Waals surface area contributed by atoms with Crippen LogP contribution < -0.4 is 10.6 Å². The normalized spacial score (nSPS) is 21.2. The smallest absolute Gasteiger partial charge is 0.226 e. The van der Waals surface area contributed by atoms with Crippen LogP contribution in [-0.4, -0.2) is 41.7 Å². The molecular formula is C15H19N3O3S. The van der Waals surface area contributed by atoms with Gasteiger partial charge in [0.1, 0.15) is 5.76 Å². The van der Waals surface area contributed by atoms with Crippen molar-refractivity contribution in [1.29, 1.82) is 0 Å². The zero-order valence-corrected chi connectivity index (χ0v) is 13.2. The van der Waals surface area contributed by atoms with Gasteiger partial charge in [-0.15, -0.1) is 11.3 Å². The lowest BCUT2D eigenvalue weighted by molar-refractivity contribution is -0.120. The van der Waals surface area contributed by atoms with Crippen LogP contribution in [0.4, 0.5) is 0 Å². The first-order valence-electron chi connectivity index (χ1n) is 7.28. The van der Waals surface area contributed by atoms with Crippen LogP contribution in [0.15, 0.2) is 21.9 Å². The number of aromatic nitrogens is 1. The number of thiazole rings is 1. The first-order valence-corrected chi connectivity index (χ1v) is 8.16. The molecule has 2 atom stereocenters. The van der Waals surface area contributed by atoms with Crippen molar-refractivity contribution in [1.82, 2.24) is 15.6 Å². The first kappa shape index (κ1) is 15.2. The summed E-state index contributed by atoms with van der Waals surface area (Å²) in [4.78, 5) is 16.4. The molecule has 2 aromatic heterocycles. The summed E-state index contributed by atoms with van der Waals surface area (Å²) in [5, 5.41) is 18.3. The number of hydrogen-bond acceptors (Lipinski definition) is 6. The Morgan fingerprint density at radius 3 is 3.09 bits per heavy atom. The summed E-state index contributed by atoms with van der Waals surface area (Å²) in [6.07, 6.45) is -0.139. The Labute approximate surface area is 132 Å². The van der Waals surface area contributed by atoms with E-state index in [9.17, 15) is 9.90 Å². The molecule has 1 aliphatic rings. The van der Waals surface area contributed by atoms with Gasteiger partial charge >= 0.3 is 0 Å². The third-order valence-electron chi connectivity index (χ3n) is 3.71. The summed E-state index contributed by atoms with van der Waals surface area (Å²) in [5.41, 5.74) is 0.733. The fourth-order valence-electron chi connectivity index (χ4n) is 2.45. The van der Waals surface area contributed by atoms with Crippen LogP contribution in [0.3, 0.4) is 0 Å². The van der Waals surface area contributed by atoms with Gasteiger partial charge in [0, 0.05) is 30.9 Å². The van der Waals surface area contributed by atoms with Crippen molar-refractivity contribution in [3.8, 4) is 10.8 Å². The van der Waals surface area contributed by atoms with Gasteiger partial charge in [-0.1, -0.05) is 0 Å². The number of rotatable bonds is 5. The summed E-state index contributed by atoms with van der Waals surface area (Å²) in [6.45, 7) is 3.71. The maximum Gasteiger partial charge on any atom is 0.226 e. The molecule has 0 spiro atoms. The summed E-state index contributed by atoms with van der Waals surface area (Å²) >= 11 is 1.47. The van der Waals surface area contributed by atoms with Gasteiger partial charge in [0.25, 0.3) is 0 Å². The number of hydrogen-bond donors (Lipinski definition) is 3. The second-order valence-electron chi connectivity index (χ2n) is 5.52. The number of nitrogens with one attached hydrogen (secondary N) is 2. The molecule has 2 aromatic rings. The molecule has 1 aliphatic heterocycles. The highest BCUT2D eigenvalue weighted by Gasteiger charge is 2.25. The Morgan fingerprint density at radius 2 is 2.41 bits per heavy atom. The van der Waals surface area contributed by atoms with Crippen molar-refractivity contribution < 1.29 is 14.3 Å². The van der Waals surface area contributed by atoms with Gasteiger partial charge in [0.15, 0.2) is 10.8 Å². The molecule has 0 aromatic carbocycles. The molecule has 0 radical (unpaired) electrons. The average molecular weight is 321 g/mol. The molecule has 3 N–H and O–H groups in total. The van der Waals surface area contributed by atoms with E-state index >= 15 is 0 Å². The van der Waals surface area contributed by atoms with Crippen molar-refractivity contribution in [3.05, 3.63) is 29.0 Å². The molecule has 6 nitrogen and oxygen atoms in total. The molecule has 1 amide bonds. The topological polar surface area (TPSA) is 87.4 Å². The number of aliphatic hydroxyl groups is 1. The van der Waals surface area contributed by atoms with Crippen molar-refractivity contribution in [3.63, 3.8) is 0 Å². The Hall–Kier alpha value is -1.70. The fraction of sp³-hybridized carbons (Fsp3) is 0.467. The van der Waals surface area contributed by atoms with E-state index < -0.39 is 0 Å². The van der Waals surface area contributed by atoms with Gasteiger partial charge in [0.05, 0.1) is 18.2 Å². The zero-order valence-electron chi connectivity index (χ0n) is 12.3. The van der Waals surface area contributed by atoms with E-state index in [0.29, 0.717) is 13.1 Å². The number of furan rings is 1. The molecule has 0 aliphatic carbocycles. The summed E-state index contributed by atoms with van der Waals surface area (Å²) in [6, 6.07) is 3.77. The lowest BCUT2D eigenvalue weighted by Gasteiger charge is -2.13. The van der Waals surface area contributed by atoms with E-state index in [0.717, 1.165) is 28.8 Å². The van der Waals surface area contributed by atoms with Gasteiger partial charge in [-0.05, 0) is 19.1 Å². The van der Waals surface area contributed by atoms with Crippen molar-refractivity contribution in [2.24, 2.45) is 5.92 Å². The predicted octanol–water partition coefficient (Wildman–Crippen LogP) is 0.951. The highest BCUT2D eigenvalue weighted by atomic mass is 32.1. The molecule has 7 heteroatoms. The molecule has 1 saturated heterocycles. The van der Waals surface area contributed by atoms with Crippen LogP contribution >= 0.6 is 11.3 Å². The third-order valence-corrected chi connectivity index (χ3v) is 4.62. The molecule has 118 valence electrons. The second-order valence-corrected chi connectivity index (χ2v) is 6.38.